The third kappa shape index (κ3) is 4.85. The summed E-state index contributed by atoms with van der Waals surface area (Å²) in [5.74, 6) is -1.24. The quantitative estimate of drug-likeness (QED) is 0.205. The molecule has 5 aromatic rings. The van der Waals surface area contributed by atoms with Crippen LogP contribution in [0.1, 0.15) is 5.56 Å². The van der Waals surface area contributed by atoms with Gasteiger partial charge in [-0.25, -0.2) is 18.6 Å². The van der Waals surface area contributed by atoms with Gasteiger partial charge in [-0.2, -0.15) is 13.2 Å². The highest BCUT2D eigenvalue weighted by molar-refractivity contribution is 7.18. The van der Waals surface area contributed by atoms with Crippen molar-refractivity contribution in [2.24, 2.45) is 0 Å². The van der Waals surface area contributed by atoms with Crippen molar-refractivity contribution in [2.45, 2.75) is 6.18 Å². The lowest BCUT2D eigenvalue weighted by Crippen LogP contribution is -2.20. The van der Waals surface area contributed by atoms with E-state index >= 15 is 0 Å². The van der Waals surface area contributed by atoms with E-state index in [9.17, 15) is 26.7 Å². The van der Waals surface area contributed by atoms with Gasteiger partial charge in [-0.3, -0.25) is 4.98 Å². The number of carbonyl (C=O) groups is 1. The molecule has 0 saturated carbocycles. The van der Waals surface area contributed by atoms with E-state index in [0.29, 0.717) is 40.4 Å². The molecule has 38 heavy (non-hydrogen) atoms. The van der Waals surface area contributed by atoms with Crippen molar-refractivity contribution in [3.05, 3.63) is 89.7 Å². The molecule has 0 fully saturated rings. The highest BCUT2D eigenvalue weighted by Crippen LogP contribution is 2.42. The van der Waals surface area contributed by atoms with E-state index in [1.165, 1.54) is 23.7 Å². The summed E-state index contributed by atoms with van der Waals surface area (Å²) in [6, 6.07) is 8.89. The molecule has 192 valence electrons. The van der Waals surface area contributed by atoms with Crippen LogP contribution in [0, 0.1) is 11.6 Å². The molecule has 0 bridgehead atoms. The summed E-state index contributed by atoms with van der Waals surface area (Å²) in [7, 11) is 0. The molecule has 2 amide bonds. The third-order valence-electron chi connectivity index (χ3n) is 5.68. The van der Waals surface area contributed by atoms with E-state index in [1.807, 2.05) is 5.38 Å². The first-order chi connectivity index (χ1) is 18.1. The number of nitrogens with two attached hydrogens (primary N) is 1. The molecule has 2 aromatic carbocycles. The van der Waals surface area contributed by atoms with Gasteiger partial charge in [0, 0.05) is 44.9 Å². The molecule has 0 aliphatic heterocycles. The second kappa shape index (κ2) is 9.71. The molecule has 0 radical (unpaired) electrons. The van der Waals surface area contributed by atoms with E-state index in [0.717, 1.165) is 22.0 Å². The van der Waals surface area contributed by atoms with Gasteiger partial charge in [-0.1, -0.05) is 12.1 Å². The number of alkyl halides is 3. The molecule has 0 spiro atoms. The van der Waals surface area contributed by atoms with Crippen molar-refractivity contribution in [1.29, 1.82) is 0 Å². The molecule has 3 heterocycles. The standard InChI is InChI=1S/C26H16F5N5OS/c27-19-6-3-14(26(29,30)31)9-21(19)36-25(37)35-15-4-1-13(2-5-15)18-12-38-23-17(10-34-24(32)22(18)23)16-7-8-33-11-20(16)28/h1-12H,(H2,32,34)(H2,35,36,37). The topological polar surface area (TPSA) is 92.9 Å². The van der Waals surface area contributed by atoms with Gasteiger partial charge in [0.2, 0.25) is 0 Å². The Balaban J connectivity index is 1.38. The zero-order valence-corrected chi connectivity index (χ0v) is 19.9. The van der Waals surface area contributed by atoms with Crippen LogP contribution in [0.5, 0.6) is 0 Å². The molecular weight excluding hydrogens is 525 g/mol. The second-order valence-corrected chi connectivity index (χ2v) is 8.99. The molecule has 4 N–H and O–H groups in total. The number of nitrogen functional groups attached to an aromatic ring is 1. The first-order valence-corrected chi connectivity index (χ1v) is 11.8. The van der Waals surface area contributed by atoms with E-state index in [-0.39, 0.29) is 5.82 Å². The lowest BCUT2D eigenvalue weighted by atomic mass is 10.0. The van der Waals surface area contributed by atoms with Gasteiger partial charge in [-0.15, -0.1) is 11.3 Å². The number of fused-ring (bicyclic) bond motifs is 1. The maximum Gasteiger partial charge on any atom is 0.416 e. The molecule has 0 aliphatic rings. The number of halogens is 5. The van der Waals surface area contributed by atoms with Crippen molar-refractivity contribution in [1.82, 2.24) is 9.97 Å². The van der Waals surface area contributed by atoms with Crippen LogP contribution in [0.25, 0.3) is 32.3 Å². The van der Waals surface area contributed by atoms with E-state index < -0.39 is 35.1 Å². The highest BCUT2D eigenvalue weighted by Gasteiger charge is 2.31. The van der Waals surface area contributed by atoms with Crippen LogP contribution in [0.3, 0.4) is 0 Å². The fourth-order valence-electron chi connectivity index (χ4n) is 3.88. The minimum Gasteiger partial charge on any atom is -0.383 e. The zero-order valence-electron chi connectivity index (χ0n) is 19.1. The number of hydrogen-bond donors (Lipinski definition) is 3. The lowest BCUT2D eigenvalue weighted by Gasteiger charge is -2.12. The Hall–Kier alpha value is -4.58. The zero-order chi connectivity index (χ0) is 27.0. The molecule has 5 rings (SSSR count). The first kappa shape index (κ1) is 25.1. The van der Waals surface area contributed by atoms with E-state index in [4.69, 9.17) is 5.73 Å². The number of hydrogen-bond acceptors (Lipinski definition) is 5. The average Bonchev–Trinajstić information content (AvgIpc) is 3.32. The summed E-state index contributed by atoms with van der Waals surface area (Å²) in [5, 5.41) is 7.04. The van der Waals surface area contributed by atoms with Crippen LogP contribution < -0.4 is 16.4 Å². The number of pyridine rings is 2. The Bertz CT molecular complexity index is 1670. The Morgan fingerprint density at radius 3 is 2.37 bits per heavy atom. The van der Waals surface area contributed by atoms with Gasteiger partial charge in [0.25, 0.3) is 0 Å². The lowest BCUT2D eigenvalue weighted by molar-refractivity contribution is -0.137. The van der Waals surface area contributed by atoms with Gasteiger partial charge < -0.3 is 16.4 Å². The number of urea groups is 1. The summed E-state index contributed by atoms with van der Waals surface area (Å²) >= 11 is 1.37. The smallest absolute Gasteiger partial charge is 0.383 e. The van der Waals surface area contributed by atoms with Crippen LogP contribution in [0.15, 0.2) is 72.5 Å². The molecule has 0 atom stereocenters. The molecule has 3 aromatic heterocycles. The number of anilines is 3. The van der Waals surface area contributed by atoms with Crippen molar-refractivity contribution < 1.29 is 26.7 Å². The molecular formula is C26H16F5N5OS. The number of aromatic nitrogens is 2. The first-order valence-electron chi connectivity index (χ1n) is 10.9. The summed E-state index contributed by atoms with van der Waals surface area (Å²) < 4.78 is 67.8. The van der Waals surface area contributed by atoms with Crippen LogP contribution in [0.2, 0.25) is 0 Å². The van der Waals surface area contributed by atoms with Crippen LogP contribution in [-0.4, -0.2) is 16.0 Å². The average molecular weight is 542 g/mol. The number of benzene rings is 2. The Labute approximate surface area is 216 Å². The number of amides is 2. The van der Waals surface area contributed by atoms with Crippen LogP contribution in [-0.2, 0) is 6.18 Å². The number of carbonyl (C=O) groups excluding carboxylic acids is 1. The minimum absolute atomic E-state index is 0.263. The SMILES string of the molecule is Nc1ncc(-c2ccncc2F)c2scc(-c3ccc(NC(=O)Nc4cc(C(F)(F)F)ccc4F)cc3)c12. The molecule has 0 unspecified atom stereocenters. The summed E-state index contributed by atoms with van der Waals surface area (Å²) in [6.45, 7) is 0. The molecule has 0 aliphatic carbocycles. The van der Waals surface area contributed by atoms with Gasteiger partial charge in [0.05, 0.1) is 17.4 Å². The predicted octanol–water partition coefficient (Wildman–Crippen LogP) is 7.55. The van der Waals surface area contributed by atoms with E-state index in [2.05, 4.69) is 20.6 Å². The maximum absolute atomic E-state index is 14.4. The van der Waals surface area contributed by atoms with Gasteiger partial charge >= 0.3 is 12.2 Å². The molecule has 12 heteroatoms. The van der Waals surface area contributed by atoms with Crippen molar-refractivity contribution >= 4 is 44.6 Å². The van der Waals surface area contributed by atoms with Crippen molar-refractivity contribution in [2.75, 3.05) is 16.4 Å². The third-order valence-corrected chi connectivity index (χ3v) is 6.70. The van der Waals surface area contributed by atoms with Crippen LogP contribution in [0.4, 0.5) is 43.9 Å². The maximum atomic E-state index is 14.4. The Morgan fingerprint density at radius 2 is 1.66 bits per heavy atom. The molecule has 0 saturated heterocycles. The fourth-order valence-corrected chi connectivity index (χ4v) is 4.99. The van der Waals surface area contributed by atoms with Gasteiger partial charge in [0.1, 0.15) is 17.5 Å². The number of nitrogens with zero attached hydrogens (tertiary/aromatic N) is 2. The monoisotopic (exact) mass is 541 g/mol. The number of rotatable bonds is 4. The van der Waals surface area contributed by atoms with Gasteiger partial charge in [0.15, 0.2) is 0 Å². The summed E-state index contributed by atoms with van der Waals surface area (Å²) in [5.41, 5.74) is 7.16. The highest BCUT2D eigenvalue weighted by atomic mass is 32.1. The summed E-state index contributed by atoms with van der Waals surface area (Å²) in [6.07, 6.45) is -0.572. The van der Waals surface area contributed by atoms with Crippen molar-refractivity contribution in [3.63, 3.8) is 0 Å². The fraction of sp³-hybridized carbons (Fsp3) is 0.0385. The number of nitrogens with one attached hydrogen (secondary N) is 2. The predicted molar refractivity (Wildman–Crippen MR) is 137 cm³/mol. The van der Waals surface area contributed by atoms with E-state index in [1.54, 1.807) is 30.3 Å². The summed E-state index contributed by atoms with van der Waals surface area (Å²) in [4.78, 5) is 20.3. The number of thiophene rings is 1. The largest absolute Gasteiger partial charge is 0.416 e. The van der Waals surface area contributed by atoms with Crippen molar-refractivity contribution in [3.8, 4) is 22.3 Å². The minimum atomic E-state index is -4.69. The van der Waals surface area contributed by atoms with Gasteiger partial charge in [-0.05, 0) is 47.3 Å². The van der Waals surface area contributed by atoms with Crippen LogP contribution >= 0.6 is 11.3 Å². The Kier molecular flexibility index (Phi) is 6.41. The second-order valence-electron chi connectivity index (χ2n) is 8.11. The molecule has 6 nitrogen and oxygen atoms in total. The normalized spacial score (nSPS) is 11.5. The Morgan fingerprint density at radius 1 is 0.895 bits per heavy atom.